The quantitative estimate of drug-likeness (QED) is 0.720. The van der Waals surface area contributed by atoms with Crippen LogP contribution in [0.4, 0.5) is 0 Å². The zero-order valence-electron chi connectivity index (χ0n) is 13.3. The Labute approximate surface area is 140 Å². The molecule has 1 aliphatic carbocycles. The Morgan fingerprint density at radius 3 is 2.46 bits per heavy atom. The molecule has 0 N–H and O–H groups in total. The van der Waals surface area contributed by atoms with Crippen LogP contribution in [0.3, 0.4) is 0 Å². The van der Waals surface area contributed by atoms with Crippen LogP contribution in [0.5, 0.6) is 0 Å². The smallest absolute Gasteiger partial charge is 0.268 e. The highest BCUT2D eigenvalue weighted by molar-refractivity contribution is 7.90. The van der Waals surface area contributed by atoms with E-state index < -0.39 is 10.0 Å². The van der Waals surface area contributed by atoms with Crippen LogP contribution in [-0.2, 0) is 27.7 Å². The van der Waals surface area contributed by atoms with Crippen LogP contribution in [0, 0.1) is 6.92 Å². The lowest BCUT2D eigenvalue weighted by Crippen LogP contribution is -2.14. The topological polar surface area (TPSA) is 56.1 Å². The lowest BCUT2D eigenvalue weighted by molar-refractivity contribution is -0.118. The van der Waals surface area contributed by atoms with Crippen molar-refractivity contribution in [2.45, 2.75) is 31.1 Å². The summed E-state index contributed by atoms with van der Waals surface area (Å²) in [4.78, 5) is 12.1. The van der Waals surface area contributed by atoms with Crippen molar-refractivity contribution < 1.29 is 13.2 Å². The number of fused-ring (bicyclic) bond motifs is 3. The molecule has 0 saturated carbocycles. The summed E-state index contributed by atoms with van der Waals surface area (Å²) in [5.41, 5.74) is 3.76. The summed E-state index contributed by atoms with van der Waals surface area (Å²) in [6.07, 6.45) is 3.28. The highest BCUT2D eigenvalue weighted by Crippen LogP contribution is 2.30. The Hall–Kier alpha value is -2.40. The molecular formula is C19H17NO3S. The fourth-order valence-electron chi connectivity index (χ4n) is 3.33. The molecule has 1 aromatic heterocycles. The van der Waals surface area contributed by atoms with E-state index >= 15 is 0 Å². The van der Waals surface area contributed by atoms with Crippen molar-refractivity contribution >= 4 is 26.7 Å². The molecule has 0 fully saturated rings. The monoisotopic (exact) mass is 339 g/mol. The third-order valence-corrected chi connectivity index (χ3v) is 6.37. The minimum atomic E-state index is -3.65. The van der Waals surface area contributed by atoms with E-state index in [-0.39, 0.29) is 10.7 Å². The maximum absolute atomic E-state index is 12.9. The van der Waals surface area contributed by atoms with E-state index in [2.05, 4.69) is 0 Å². The molecule has 2 aromatic carbocycles. The van der Waals surface area contributed by atoms with Gasteiger partial charge in [-0.3, -0.25) is 4.79 Å². The molecule has 0 spiro atoms. The predicted molar refractivity (Wildman–Crippen MR) is 92.7 cm³/mol. The molecule has 1 aliphatic rings. The number of nitrogens with zero attached hydrogens (tertiary/aromatic N) is 1. The van der Waals surface area contributed by atoms with E-state index in [1.807, 2.05) is 19.1 Å². The van der Waals surface area contributed by atoms with Gasteiger partial charge in [0.25, 0.3) is 10.0 Å². The number of hydrogen-bond donors (Lipinski definition) is 0. The number of benzene rings is 2. The molecule has 1 heterocycles. The van der Waals surface area contributed by atoms with Gasteiger partial charge in [0.1, 0.15) is 5.78 Å². The fourth-order valence-corrected chi connectivity index (χ4v) is 4.68. The van der Waals surface area contributed by atoms with Gasteiger partial charge in [-0.15, -0.1) is 0 Å². The van der Waals surface area contributed by atoms with Crippen LogP contribution in [0.15, 0.2) is 53.6 Å². The van der Waals surface area contributed by atoms with Crippen molar-refractivity contribution in [3.8, 4) is 0 Å². The lowest BCUT2D eigenvalue weighted by Gasteiger charge is -2.16. The molecule has 0 unspecified atom stereocenters. The van der Waals surface area contributed by atoms with Gasteiger partial charge in [-0.05, 0) is 48.7 Å². The van der Waals surface area contributed by atoms with Crippen molar-refractivity contribution in [1.82, 2.24) is 3.97 Å². The molecule has 0 bridgehead atoms. The number of carbonyl (C=O) groups is 1. The minimum Gasteiger partial charge on any atom is -0.299 e. The summed E-state index contributed by atoms with van der Waals surface area (Å²) >= 11 is 0. The van der Waals surface area contributed by atoms with Gasteiger partial charge in [0, 0.05) is 24.4 Å². The molecule has 0 radical (unpaired) electrons. The zero-order valence-corrected chi connectivity index (χ0v) is 14.1. The standard InChI is InChI=1S/C19H17NO3S/c1-13-2-7-16(8-3-13)24(22,23)20-11-10-17-18-12-15(21)6-4-14(18)5-9-19(17)20/h2-3,5,7-11H,4,6,12H2,1H3. The van der Waals surface area contributed by atoms with E-state index in [9.17, 15) is 13.2 Å². The van der Waals surface area contributed by atoms with Gasteiger partial charge < -0.3 is 0 Å². The van der Waals surface area contributed by atoms with E-state index in [1.54, 1.807) is 36.5 Å². The van der Waals surface area contributed by atoms with Gasteiger partial charge in [0.2, 0.25) is 0 Å². The van der Waals surface area contributed by atoms with Crippen LogP contribution in [0.25, 0.3) is 10.9 Å². The fraction of sp³-hybridized carbons (Fsp3) is 0.211. The summed E-state index contributed by atoms with van der Waals surface area (Å²) in [7, 11) is -3.65. The molecule has 122 valence electrons. The second-order valence-corrected chi connectivity index (χ2v) is 8.10. The second kappa shape index (κ2) is 5.31. The summed E-state index contributed by atoms with van der Waals surface area (Å²) in [5.74, 6) is 0.212. The normalized spacial score (nSPS) is 14.8. The second-order valence-electron chi connectivity index (χ2n) is 6.28. The molecule has 3 aromatic rings. The Morgan fingerprint density at radius 1 is 0.958 bits per heavy atom. The number of aryl methyl sites for hydroxylation is 2. The molecule has 0 atom stereocenters. The molecular weight excluding hydrogens is 322 g/mol. The van der Waals surface area contributed by atoms with Gasteiger partial charge in [0.15, 0.2) is 0 Å². The maximum atomic E-state index is 12.9. The van der Waals surface area contributed by atoms with Crippen LogP contribution in [0.1, 0.15) is 23.1 Å². The van der Waals surface area contributed by atoms with Gasteiger partial charge in [-0.1, -0.05) is 23.8 Å². The van der Waals surface area contributed by atoms with Crippen LogP contribution in [0.2, 0.25) is 0 Å². The van der Waals surface area contributed by atoms with Crippen molar-refractivity contribution in [2.24, 2.45) is 0 Å². The molecule has 4 rings (SSSR count). The third kappa shape index (κ3) is 2.27. The number of rotatable bonds is 2. The third-order valence-electron chi connectivity index (χ3n) is 4.67. The Balaban J connectivity index is 1.91. The Morgan fingerprint density at radius 2 is 1.71 bits per heavy atom. The largest absolute Gasteiger partial charge is 0.299 e. The first-order valence-corrected chi connectivity index (χ1v) is 9.36. The summed E-state index contributed by atoms with van der Waals surface area (Å²) < 4.78 is 27.2. The van der Waals surface area contributed by atoms with Gasteiger partial charge >= 0.3 is 0 Å². The summed E-state index contributed by atoms with van der Waals surface area (Å²) in [6.45, 7) is 1.92. The van der Waals surface area contributed by atoms with Crippen LogP contribution < -0.4 is 0 Å². The van der Waals surface area contributed by atoms with E-state index in [0.717, 1.165) is 28.5 Å². The lowest BCUT2D eigenvalue weighted by atomic mass is 9.89. The molecule has 5 heteroatoms. The average molecular weight is 339 g/mol. The van der Waals surface area contributed by atoms with Crippen molar-refractivity contribution in [2.75, 3.05) is 0 Å². The zero-order chi connectivity index (χ0) is 16.9. The first-order chi connectivity index (χ1) is 11.5. The summed E-state index contributed by atoms with van der Waals surface area (Å²) in [5, 5.41) is 0.858. The Bertz CT molecular complexity index is 1060. The number of aromatic nitrogens is 1. The molecule has 0 saturated heterocycles. The van der Waals surface area contributed by atoms with Crippen LogP contribution in [-0.4, -0.2) is 18.2 Å². The number of carbonyl (C=O) groups excluding carboxylic acids is 1. The highest BCUT2D eigenvalue weighted by atomic mass is 32.2. The minimum absolute atomic E-state index is 0.212. The first-order valence-electron chi connectivity index (χ1n) is 7.92. The van der Waals surface area contributed by atoms with Crippen molar-refractivity contribution in [3.63, 3.8) is 0 Å². The van der Waals surface area contributed by atoms with E-state index in [1.165, 1.54) is 3.97 Å². The maximum Gasteiger partial charge on any atom is 0.268 e. The summed E-state index contributed by atoms with van der Waals surface area (Å²) in [6, 6.07) is 12.4. The molecule has 24 heavy (non-hydrogen) atoms. The first kappa shape index (κ1) is 15.1. The van der Waals surface area contributed by atoms with E-state index in [0.29, 0.717) is 18.4 Å². The van der Waals surface area contributed by atoms with Gasteiger partial charge in [0.05, 0.1) is 10.4 Å². The molecule has 4 nitrogen and oxygen atoms in total. The Kier molecular flexibility index (Phi) is 3.35. The number of hydrogen-bond acceptors (Lipinski definition) is 3. The molecule has 0 amide bonds. The predicted octanol–water partition coefficient (Wildman–Crippen LogP) is 3.24. The van der Waals surface area contributed by atoms with Crippen LogP contribution >= 0.6 is 0 Å². The SMILES string of the molecule is Cc1ccc(S(=O)(=O)n2ccc3c4c(ccc32)CCC(=O)C4)cc1. The van der Waals surface area contributed by atoms with Gasteiger partial charge in [-0.25, -0.2) is 12.4 Å². The van der Waals surface area contributed by atoms with Crippen molar-refractivity contribution in [1.29, 1.82) is 0 Å². The van der Waals surface area contributed by atoms with Gasteiger partial charge in [-0.2, -0.15) is 0 Å². The number of Topliss-reactive ketones (excluding diaryl/α,β-unsaturated/α-hetero) is 1. The average Bonchev–Trinajstić information content (AvgIpc) is 3.00. The number of ketones is 1. The van der Waals surface area contributed by atoms with Crippen molar-refractivity contribution in [3.05, 3.63) is 65.4 Å². The highest BCUT2D eigenvalue weighted by Gasteiger charge is 2.23. The molecule has 0 aliphatic heterocycles. The van der Waals surface area contributed by atoms with E-state index in [4.69, 9.17) is 0 Å².